The molecule has 0 aliphatic carbocycles. The molecule has 0 radical (unpaired) electrons. The van der Waals surface area contributed by atoms with Crippen LogP contribution in [-0.4, -0.2) is 82.0 Å². The molecule has 1 spiro atoms. The number of aromatic nitrogens is 3. The van der Waals surface area contributed by atoms with E-state index in [0.29, 0.717) is 24.3 Å². The van der Waals surface area contributed by atoms with Crippen molar-refractivity contribution in [2.75, 3.05) is 37.6 Å². The normalized spacial score (nSPS) is 19.0. The fourth-order valence-electron chi connectivity index (χ4n) is 6.38. The number of hydrogen-bond acceptors (Lipinski definition) is 9. The molecule has 5 rings (SSSR count). The minimum Gasteiger partial charge on any atom is -0.459 e. The first kappa shape index (κ1) is 29.0. The molecule has 1 atom stereocenters. The van der Waals surface area contributed by atoms with Crippen molar-refractivity contribution in [2.45, 2.75) is 72.3 Å². The second kappa shape index (κ2) is 12.2. The van der Waals surface area contributed by atoms with Gasteiger partial charge in [-0.15, -0.1) is 10.2 Å². The predicted octanol–water partition coefficient (Wildman–Crippen LogP) is 4.83. The van der Waals surface area contributed by atoms with E-state index in [0.717, 1.165) is 45.4 Å². The number of ether oxygens (including phenoxy) is 3. The average molecular weight is 569 g/mol. The molecule has 1 aromatic heterocycles. The second-order valence-electron chi connectivity index (χ2n) is 12.0. The number of rotatable bonds is 11. The van der Waals surface area contributed by atoms with E-state index in [1.165, 1.54) is 24.5 Å². The van der Waals surface area contributed by atoms with Gasteiger partial charge in [-0.1, -0.05) is 13.8 Å². The fourth-order valence-corrected chi connectivity index (χ4v) is 6.38. The molecule has 1 unspecified atom stereocenters. The van der Waals surface area contributed by atoms with Crippen LogP contribution in [-0.2, 0) is 9.47 Å². The van der Waals surface area contributed by atoms with Gasteiger partial charge in [-0.3, -0.25) is 9.69 Å². The molecule has 10 nitrogen and oxygen atoms in total. The summed E-state index contributed by atoms with van der Waals surface area (Å²) in [5, 5.41) is 8.17. The van der Waals surface area contributed by atoms with Gasteiger partial charge in [0.1, 0.15) is 30.4 Å². The van der Waals surface area contributed by atoms with Crippen LogP contribution >= 0.6 is 0 Å². The van der Waals surface area contributed by atoms with Gasteiger partial charge in [0, 0.05) is 56.6 Å². The van der Waals surface area contributed by atoms with Crippen molar-refractivity contribution in [1.29, 1.82) is 0 Å². The monoisotopic (exact) mass is 568 g/mol. The molecule has 41 heavy (non-hydrogen) atoms. The SMILES string of the molecule is CCN(C(=O)c1cc(F)ccc1Oc1nncnc1N1CCC2(C1)CN(C(CCC1OC=CO1)C(C)C)C2)C(C)C. The van der Waals surface area contributed by atoms with Gasteiger partial charge in [-0.05, 0) is 57.7 Å². The van der Waals surface area contributed by atoms with Crippen LogP contribution in [0.2, 0.25) is 0 Å². The highest BCUT2D eigenvalue weighted by Crippen LogP contribution is 2.44. The summed E-state index contributed by atoms with van der Waals surface area (Å²) in [6.07, 6.45) is 7.37. The zero-order valence-electron chi connectivity index (χ0n) is 24.6. The summed E-state index contributed by atoms with van der Waals surface area (Å²) in [6, 6.07) is 4.38. The van der Waals surface area contributed by atoms with E-state index >= 15 is 0 Å². The summed E-state index contributed by atoms with van der Waals surface area (Å²) in [6.45, 7) is 14.5. The van der Waals surface area contributed by atoms with Crippen LogP contribution in [0.1, 0.15) is 64.2 Å². The van der Waals surface area contributed by atoms with Crippen molar-refractivity contribution in [3.05, 3.63) is 48.4 Å². The molecule has 3 aliphatic heterocycles. The molecule has 3 aliphatic rings. The lowest BCUT2D eigenvalue weighted by atomic mass is 9.76. The highest BCUT2D eigenvalue weighted by atomic mass is 19.1. The Hall–Kier alpha value is -3.47. The van der Waals surface area contributed by atoms with E-state index in [-0.39, 0.29) is 40.8 Å². The Kier molecular flexibility index (Phi) is 8.63. The molecular weight excluding hydrogens is 527 g/mol. The Labute approximate surface area is 241 Å². The third kappa shape index (κ3) is 6.24. The maximum atomic E-state index is 14.2. The molecule has 1 amide bonds. The first-order valence-electron chi connectivity index (χ1n) is 14.6. The predicted molar refractivity (Wildman–Crippen MR) is 152 cm³/mol. The topological polar surface area (TPSA) is 93.2 Å². The van der Waals surface area contributed by atoms with Crippen LogP contribution in [0.25, 0.3) is 0 Å². The van der Waals surface area contributed by atoms with E-state index in [1.807, 2.05) is 20.8 Å². The van der Waals surface area contributed by atoms with Crippen molar-refractivity contribution >= 4 is 11.7 Å². The summed E-state index contributed by atoms with van der Waals surface area (Å²) in [7, 11) is 0. The lowest BCUT2D eigenvalue weighted by Crippen LogP contribution is -2.62. The van der Waals surface area contributed by atoms with Crippen molar-refractivity contribution in [2.24, 2.45) is 11.3 Å². The van der Waals surface area contributed by atoms with Crippen LogP contribution in [0.5, 0.6) is 11.6 Å². The number of halogens is 1. The molecule has 2 saturated heterocycles. The molecule has 2 fully saturated rings. The quantitative estimate of drug-likeness (QED) is 0.378. The Bertz CT molecular complexity index is 1240. The summed E-state index contributed by atoms with van der Waals surface area (Å²) in [5.41, 5.74) is 0.321. The highest BCUT2D eigenvalue weighted by molar-refractivity contribution is 5.97. The van der Waals surface area contributed by atoms with Gasteiger partial charge in [-0.2, -0.15) is 0 Å². The fraction of sp³-hybridized carbons (Fsp3) is 0.600. The molecule has 0 bridgehead atoms. The van der Waals surface area contributed by atoms with Crippen LogP contribution in [0.15, 0.2) is 37.1 Å². The smallest absolute Gasteiger partial charge is 0.282 e. The molecule has 4 heterocycles. The van der Waals surface area contributed by atoms with Gasteiger partial charge >= 0.3 is 0 Å². The maximum absolute atomic E-state index is 14.2. The van der Waals surface area contributed by atoms with Crippen molar-refractivity contribution < 1.29 is 23.4 Å². The number of hydrogen-bond donors (Lipinski definition) is 0. The maximum Gasteiger partial charge on any atom is 0.282 e. The zero-order valence-corrected chi connectivity index (χ0v) is 24.6. The molecule has 0 saturated carbocycles. The van der Waals surface area contributed by atoms with E-state index in [2.05, 4.69) is 38.8 Å². The number of likely N-dealkylation sites (tertiary alicyclic amines) is 1. The minimum absolute atomic E-state index is 0.0446. The van der Waals surface area contributed by atoms with E-state index in [1.54, 1.807) is 17.4 Å². The van der Waals surface area contributed by atoms with Crippen molar-refractivity contribution in [3.8, 4) is 11.6 Å². The highest BCUT2D eigenvalue weighted by Gasteiger charge is 2.50. The first-order chi connectivity index (χ1) is 19.7. The third-order valence-electron chi connectivity index (χ3n) is 8.44. The summed E-state index contributed by atoms with van der Waals surface area (Å²) < 4.78 is 31.4. The molecule has 1 aromatic carbocycles. The summed E-state index contributed by atoms with van der Waals surface area (Å²) in [4.78, 5) is 24.3. The molecule has 222 valence electrons. The minimum atomic E-state index is -0.506. The third-order valence-corrected chi connectivity index (χ3v) is 8.44. The van der Waals surface area contributed by atoms with Gasteiger partial charge in [0.15, 0.2) is 5.82 Å². The van der Waals surface area contributed by atoms with Crippen molar-refractivity contribution in [3.63, 3.8) is 0 Å². The number of carbonyl (C=O) groups is 1. The van der Waals surface area contributed by atoms with Gasteiger partial charge in [0.25, 0.3) is 11.8 Å². The van der Waals surface area contributed by atoms with Gasteiger partial charge in [0.2, 0.25) is 6.29 Å². The molecule has 0 N–H and O–H groups in total. The molecular formula is C30H41FN6O4. The molecule has 11 heteroatoms. The zero-order chi connectivity index (χ0) is 29.1. The van der Waals surface area contributed by atoms with E-state index in [4.69, 9.17) is 14.2 Å². The summed E-state index contributed by atoms with van der Waals surface area (Å²) in [5.74, 6) is 0.739. The molecule has 2 aromatic rings. The van der Waals surface area contributed by atoms with E-state index in [9.17, 15) is 9.18 Å². The average Bonchev–Trinajstić information content (AvgIpc) is 3.60. The first-order valence-corrected chi connectivity index (χ1v) is 14.6. The Morgan fingerprint density at radius 2 is 1.95 bits per heavy atom. The lowest BCUT2D eigenvalue weighted by molar-refractivity contribution is -0.0594. The van der Waals surface area contributed by atoms with Crippen LogP contribution in [0.4, 0.5) is 10.2 Å². The largest absolute Gasteiger partial charge is 0.459 e. The van der Waals surface area contributed by atoms with Crippen molar-refractivity contribution in [1.82, 2.24) is 25.0 Å². The number of benzene rings is 1. The van der Waals surface area contributed by atoms with Crippen LogP contribution < -0.4 is 9.64 Å². The number of carbonyl (C=O) groups excluding carboxylic acids is 1. The number of amides is 1. The Morgan fingerprint density at radius 1 is 1.20 bits per heavy atom. The van der Waals surface area contributed by atoms with Gasteiger partial charge < -0.3 is 24.0 Å². The van der Waals surface area contributed by atoms with Crippen LogP contribution in [0, 0.1) is 17.2 Å². The van der Waals surface area contributed by atoms with Crippen LogP contribution in [0.3, 0.4) is 0 Å². The Morgan fingerprint density at radius 3 is 2.63 bits per heavy atom. The van der Waals surface area contributed by atoms with E-state index < -0.39 is 5.82 Å². The number of nitrogens with zero attached hydrogens (tertiary/aromatic N) is 6. The standard InChI is InChI=1S/C30H41FN6O4/c1-6-37(21(4)5)29(38)23-15-22(31)7-9-25(23)41-28-27(32-19-33-34-28)35-12-11-30(16-35)17-36(18-30)24(20(2)3)8-10-26-39-13-14-40-26/h7,9,13-15,19-21,24,26H,6,8,10-12,16-18H2,1-5H3. The van der Waals surface area contributed by atoms with Gasteiger partial charge in [0.05, 0.1) is 5.56 Å². The Balaban J connectivity index is 1.27. The number of anilines is 1. The summed E-state index contributed by atoms with van der Waals surface area (Å²) >= 11 is 0. The lowest BCUT2D eigenvalue weighted by Gasteiger charge is -2.53. The van der Waals surface area contributed by atoms with Gasteiger partial charge in [-0.25, -0.2) is 9.37 Å². The second-order valence-corrected chi connectivity index (χ2v) is 12.0.